The molecule has 19 heavy (non-hydrogen) atoms. The van der Waals surface area contributed by atoms with Crippen LogP contribution in [0.15, 0.2) is 28.3 Å². The third-order valence-electron chi connectivity index (χ3n) is 2.42. The van der Waals surface area contributed by atoms with Crippen molar-refractivity contribution in [3.63, 3.8) is 0 Å². The van der Waals surface area contributed by atoms with Crippen molar-refractivity contribution in [2.75, 3.05) is 23.8 Å². The summed E-state index contributed by atoms with van der Waals surface area (Å²) in [6.07, 6.45) is 1.99. The van der Waals surface area contributed by atoms with Gasteiger partial charge in [0.1, 0.15) is 18.0 Å². The fourth-order valence-electron chi connectivity index (χ4n) is 1.46. The van der Waals surface area contributed by atoms with Crippen LogP contribution >= 0.6 is 27.3 Å². The van der Waals surface area contributed by atoms with Gasteiger partial charge < -0.3 is 10.2 Å². The number of anilines is 3. The summed E-state index contributed by atoms with van der Waals surface area (Å²) in [6, 6.07) is 5.98. The lowest BCUT2D eigenvalue weighted by atomic mass is 10.4. The number of nitriles is 1. The lowest BCUT2D eigenvalue weighted by Gasteiger charge is -2.16. The van der Waals surface area contributed by atoms with Crippen LogP contribution in [0.4, 0.5) is 16.6 Å². The smallest absolute Gasteiger partial charge is 0.136 e. The standard InChI is InChI=1S/C12H12BrN5S/c1-18(4-2-3-14)11-6-10(15-8-16-11)17-12-5-9(13)7-19-12/h5-8H,2,4H2,1H3,(H,15,16,17). The molecule has 2 aromatic heterocycles. The van der Waals surface area contributed by atoms with Crippen molar-refractivity contribution in [2.24, 2.45) is 0 Å². The van der Waals surface area contributed by atoms with E-state index in [0.717, 1.165) is 21.1 Å². The molecular weight excluding hydrogens is 326 g/mol. The Morgan fingerprint density at radius 1 is 1.47 bits per heavy atom. The highest BCUT2D eigenvalue weighted by Gasteiger charge is 2.05. The molecule has 0 fully saturated rings. The van der Waals surface area contributed by atoms with Gasteiger partial charge in [-0.15, -0.1) is 11.3 Å². The van der Waals surface area contributed by atoms with Gasteiger partial charge in [-0.25, -0.2) is 9.97 Å². The number of nitrogens with zero attached hydrogens (tertiary/aromatic N) is 4. The van der Waals surface area contributed by atoms with Gasteiger partial charge in [-0.2, -0.15) is 5.26 Å². The Hall–Kier alpha value is -1.65. The molecule has 0 aromatic carbocycles. The molecule has 0 aliphatic carbocycles. The van der Waals surface area contributed by atoms with Gasteiger partial charge in [0.2, 0.25) is 0 Å². The molecule has 98 valence electrons. The second-order valence-electron chi connectivity index (χ2n) is 3.85. The Bertz CT molecular complexity index is 592. The van der Waals surface area contributed by atoms with Gasteiger partial charge in [-0.3, -0.25) is 0 Å². The first-order chi connectivity index (χ1) is 9.19. The van der Waals surface area contributed by atoms with E-state index in [1.165, 1.54) is 6.33 Å². The zero-order valence-electron chi connectivity index (χ0n) is 10.3. The zero-order valence-corrected chi connectivity index (χ0v) is 12.7. The highest BCUT2D eigenvalue weighted by Crippen LogP contribution is 2.27. The van der Waals surface area contributed by atoms with E-state index < -0.39 is 0 Å². The first-order valence-corrected chi connectivity index (χ1v) is 7.27. The molecule has 0 saturated heterocycles. The van der Waals surface area contributed by atoms with E-state index in [0.29, 0.717) is 13.0 Å². The Labute approximate surface area is 124 Å². The Morgan fingerprint density at radius 3 is 3.00 bits per heavy atom. The zero-order chi connectivity index (χ0) is 13.7. The highest BCUT2D eigenvalue weighted by atomic mass is 79.9. The van der Waals surface area contributed by atoms with Crippen molar-refractivity contribution in [2.45, 2.75) is 6.42 Å². The average Bonchev–Trinajstić information content (AvgIpc) is 2.81. The van der Waals surface area contributed by atoms with Crippen molar-refractivity contribution in [3.8, 4) is 6.07 Å². The van der Waals surface area contributed by atoms with Crippen molar-refractivity contribution in [3.05, 3.63) is 28.3 Å². The highest BCUT2D eigenvalue weighted by molar-refractivity contribution is 9.10. The summed E-state index contributed by atoms with van der Waals surface area (Å²) in [5, 5.41) is 14.8. The van der Waals surface area contributed by atoms with E-state index in [4.69, 9.17) is 5.26 Å². The van der Waals surface area contributed by atoms with E-state index in [2.05, 4.69) is 37.3 Å². The van der Waals surface area contributed by atoms with E-state index in [-0.39, 0.29) is 0 Å². The molecule has 0 aliphatic heterocycles. The number of aromatic nitrogens is 2. The second kappa shape index (κ2) is 6.50. The Morgan fingerprint density at radius 2 is 2.32 bits per heavy atom. The minimum absolute atomic E-state index is 0.473. The van der Waals surface area contributed by atoms with Crippen LogP contribution in [0.2, 0.25) is 0 Å². The fourth-order valence-corrected chi connectivity index (χ4v) is 2.79. The number of hydrogen-bond donors (Lipinski definition) is 1. The molecule has 2 aromatic rings. The predicted molar refractivity (Wildman–Crippen MR) is 80.8 cm³/mol. The third-order valence-corrected chi connectivity index (χ3v) is 4.03. The van der Waals surface area contributed by atoms with Crippen LogP contribution in [0.1, 0.15) is 6.42 Å². The lowest BCUT2D eigenvalue weighted by Crippen LogP contribution is -2.19. The number of rotatable bonds is 5. The van der Waals surface area contributed by atoms with Gasteiger partial charge in [0.15, 0.2) is 0 Å². The molecule has 0 bridgehead atoms. The molecule has 0 aliphatic rings. The maximum atomic E-state index is 8.59. The number of halogens is 1. The van der Waals surface area contributed by atoms with E-state index in [9.17, 15) is 0 Å². The molecule has 1 N–H and O–H groups in total. The molecular formula is C12H12BrN5S. The summed E-state index contributed by atoms with van der Waals surface area (Å²) in [5.74, 6) is 1.53. The van der Waals surface area contributed by atoms with Crippen LogP contribution in [0.5, 0.6) is 0 Å². The van der Waals surface area contributed by atoms with Gasteiger partial charge in [0.25, 0.3) is 0 Å². The van der Waals surface area contributed by atoms with Crippen LogP contribution in [0, 0.1) is 11.3 Å². The maximum Gasteiger partial charge on any atom is 0.136 e. The average molecular weight is 338 g/mol. The second-order valence-corrected chi connectivity index (χ2v) is 5.67. The number of thiophene rings is 1. The van der Waals surface area contributed by atoms with Crippen LogP contribution in [0.25, 0.3) is 0 Å². The monoisotopic (exact) mass is 337 g/mol. The van der Waals surface area contributed by atoms with Crippen LogP contribution in [-0.4, -0.2) is 23.6 Å². The van der Waals surface area contributed by atoms with Gasteiger partial charge in [0.05, 0.1) is 17.5 Å². The van der Waals surface area contributed by atoms with E-state index >= 15 is 0 Å². The largest absolute Gasteiger partial charge is 0.358 e. The van der Waals surface area contributed by atoms with E-state index in [1.54, 1.807) is 11.3 Å². The summed E-state index contributed by atoms with van der Waals surface area (Å²) in [4.78, 5) is 10.3. The Kier molecular flexibility index (Phi) is 4.71. The van der Waals surface area contributed by atoms with E-state index in [1.807, 2.05) is 29.5 Å². The van der Waals surface area contributed by atoms with Gasteiger partial charge in [0, 0.05) is 29.5 Å². The summed E-state index contributed by atoms with van der Waals surface area (Å²) in [7, 11) is 1.91. The van der Waals surface area contributed by atoms with Crippen molar-refractivity contribution in [1.82, 2.24) is 9.97 Å². The normalized spacial score (nSPS) is 9.95. The van der Waals surface area contributed by atoms with Gasteiger partial charge in [-0.1, -0.05) is 0 Å². The SMILES string of the molecule is CN(CCC#N)c1cc(Nc2cc(Br)cs2)ncn1. The minimum Gasteiger partial charge on any atom is -0.358 e. The quantitative estimate of drug-likeness (QED) is 0.905. The maximum absolute atomic E-state index is 8.59. The Balaban J connectivity index is 2.08. The first-order valence-electron chi connectivity index (χ1n) is 5.60. The summed E-state index contributed by atoms with van der Waals surface area (Å²) in [6.45, 7) is 0.650. The summed E-state index contributed by atoms with van der Waals surface area (Å²) >= 11 is 5.01. The van der Waals surface area contributed by atoms with Crippen LogP contribution in [-0.2, 0) is 0 Å². The molecule has 7 heteroatoms. The van der Waals surface area contributed by atoms with Crippen molar-refractivity contribution < 1.29 is 0 Å². The van der Waals surface area contributed by atoms with Crippen LogP contribution < -0.4 is 10.2 Å². The molecule has 0 radical (unpaired) electrons. The van der Waals surface area contributed by atoms with Crippen molar-refractivity contribution >= 4 is 43.9 Å². The summed E-state index contributed by atoms with van der Waals surface area (Å²) < 4.78 is 1.04. The lowest BCUT2D eigenvalue weighted by molar-refractivity contribution is 0.880. The molecule has 0 atom stereocenters. The molecule has 2 rings (SSSR count). The molecule has 5 nitrogen and oxygen atoms in total. The molecule has 0 unspecified atom stereocenters. The molecule has 2 heterocycles. The van der Waals surface area contributed by atoms with Gasteiger partial charge in [-0.05, 0) is 22.0 Å². The first kappa shape index (κ1) is 13.8. The number of nitrogens with one attached hydrogen (secondary N) is 1. The molecule has 0 saturated carbocycles. The van der Waals surface area contributed by atoms with Crippen LogP contribution in [0.3, 0.4) is 0 Å². The van der Waals surface area contributed by atoms with Gasteiger partial charge >= 0.3 is 0 Å². The molecule has 0 spiro atoms. The van der Waals surface area contributed by atoms with Crippen molar-refractivity contribution in [1.29, 1.82) is 5.26 Å². The third kappa shape index (κ3) is 3.91. The fraction of sp³-hybridized carbons (Fsp3) is 0.250. The number of hydrogen-bond acceptors (Lipinski definition) is 6. The minimum atomic E-state index is 0.473. The summed E-state index contributed by atoms with van der Waals surface area (Å²) in [5.41, 5.74) is 0. The molecule has 0 amide bonds. The predicted octanol–water partition coefficient (Wildman–Crippen LogP) is 3.39. The topological polar surface area (TPSA) is 64.8 Å².